The molecule has 0 fully saturated rings. The maximum Gasteiger partial charge on any atom is 0.0702 e. The SMILES string of the molecule is c1ccc2ncc(-c3cc4ccccc4[nH]3)cc2c1. The molecular formula is C17H12N2. The Labute approximate surface area is 110 Å². The van der Waals surface area contributed by atoms with Crippen LogP contribution in [0.25, 0.3) is 33.1 Å². The summed E-state index contributed by atoms with van der Waals surface area (Å²) in [5, 5.41) is 2.39. The van der Waals surface area contributed by atoms with Crippen LogP contribution in [0.1, 0.15) is 0 Å². The molecule has 0 saturated carbocycles. The van der Waals surface area contributed by atoms with E-state index in [1.165, 1.54) is 10.8 Å². The summed E-state index contributed by atoms with van der Waals surface area (Å²) in [6.45, 7) is 0. The Hall–Kier alpha value is -2.61. The number of fused-ring (bicyclic) bond motifs is 2. The van der Waals surface area contributed by atoms with Gasteiger partial charge in [-0.05, 0) is 24.3 Å². The van der Waals surface area contributed by atoms with Crippen molar-refractivity contribution in [3.63, 3.8) is 0 Å². The van der Waals surface area contributed by atoms with E-state index < -0.39 is 0 Å². The molecule has 2 heteroatoms. The number of aromatic nitrogens is 2. The van der Waals surface area contributed by atoms with Crippen LogP contribution in [0.4, 0.5) is 0 Å². The molecule has 0 radical (unpaired) electrons. The molecular weight excluding hydrogens is 232 g/mol. The second-order valence-corrected chi connectivity index (χ2v) is 4.69. The molecule has 19 heavy (non-hydrogen) atoms. The third-order valence-electron chi connectivity index (χ3n) is 3.43. The summed E-state index contributed by atoms with van der Waals surface area (Å²) in [6, 6.07) is 20.8. The van der Waals surface area contributed by atoms with Crippen molar-refractivity contribution in [1.82, 2.24) is 9.97 Å². The van der Waals surface area contributed by atoms with E-state index in [4.69, 9.17) is 0 Å². The number of rotatable bonds is 1. The highest BCUT2D eigenvalue weighted by Gasteiger charge is 2.04. The third kappa shape index (κ3) is 1.69. The van der Waals surface area contributed by atoms with Crippen LogP contribution in [0.2, 0.25) is 0 Å². The van der Waals surface area contributed by atoms with E-state index in [2.05, 4.69) is 46.4 Å². The predicted molar refractivity (Wildman–Crippen MR) is 79.0 cm³/mol. The van der Waals surface area contributed by atoms with Crippen molar-refractivity contribution < 1.29 is 0 Å². The highest BCUT2D eigenvalue weighted by molar-refractivity contribution is 5.88. The summed E-state index contributed by atoms with van der Waals surface area (Å²) >= 11 is 0. The summed E-state index contributed by atoms with van der Waals surface area (Å²) in [5.41, 5.74) is 4.42. The van der Waals surface area contributed by atoms with Crippen molar-refractivity contribution in [1.29, 1.82) is 0 Å². The number of H-pyrrole nitrogens is 1. The van der Waals surface area contributed by atoms with Crippen molar-refractivity contribution in [2.24, 2.45) is 0 Å². The van der Waals surface area contributed by atoms with Gasteiger partial charge in [-0.15, -0.1) is 0 Å². The topological polar surface area (TPSA) is 28.7 Å². The zero-order valence-electron chi connectivity index (χ0n) is 10.3. The van der Waals surface area contributed by atoms with Crippen LogP contribution in [0, 0.1) is 0 Å². The molecule has 4 rings (SSSR count). The van der Waals surface area contributed by atoms with Gasteiger partial charge in [0.05, 0.1) is 5.52 Å². The Bertz CT molecular complexity index is 841. The van der Waals surface area contributed by atoms with Gasteiger partial charge < -0.3 is 4.98 Å². The minimum absolute atomic E-state index is 1.03. The van der Waals surface area contributed by atoms with Crippen molar-refractivity contribution in [2.45, 2.75) is 0 Å². The first-order chi connectivity index (χ1) is 9.40. The molecule has 0 unspecified atom stereocenters. The number of nitrogens with zero attached hydrogens (tertiary/aromatic N) is 1. The van der Waals surface area contributed by atoms with E-state index in [0.717, 1.165) is 22.3 Å². The maximum absolute atomic E-state index is 4.51. The first-order valence-electron chi connectivity index (χ1n) is 6.33. The summed E-state index contributed by atoms with van der Waals surface area (Å²) in [4.78, 5) is 7.94. The lowest BCUT2D eigenvalue weighted by atomic mass is 10.1. The van der Waals surface area contributed by atoms with Gasteiger partial charge in [-0.3, -0.25) is 4.98 Å². The van der Waals surface area contributed by atoms with Crippen molar-refractivity contribution >= 4 is 21.8 Å². The third-order valence-corrected chi connectivity index (χ3v) is 3.43. The Kier molecular flexibility index (Phi) is 2.15. The van der Waals surface area contributed by atoms with Gasteiger partial charge >= 0.3 is 0 Å². The van der Waals surface area contributed by atoms with Crippen LogP contribution in [-0.2, 0) is 0 Å². The van der Waals surface area contributed by atoms with E-state index in [-0.39, 0.29) is 0 Å². The van der Waals surface area contributed by atoms with Crippen LogP contribution < -0.4 is 0 Å². The number of aromatic amines is 1. The first-order valence-corrected chi connectivity index (χ1v) is 6.33. The highest BCUT2D eigenvalue weighted by atomic mass is 14.7. The fourth-order valence-electron chi connectivity index (χ4n) is 2.45. The highest BCUT2D eigenvalue weighted by Crippen LogP contribution is 2.25. The molecule has 0 saturated heterocycles. The normalized spacial score (nSPS) is 11.2. The monoisotopic (exact) mass is 244 g/mol. The molecule has 0 spiro atoms. The van der Waals surface area contributed by atoms with Crippen LogP contribution in [0.5, 0.6) is 0 Å². The number of para-hydroxylation sites is 2. The Morgan fingerprint density at radius 3 is 2.47 bits per heavy atom. The smallest absolute Gasteiger partial charge is 0.0702 e. The number of hydrogen-bond acceptors (Lipinski definition) is 1. The molecule has 0 aliphatic heterocycles. The molecule has 4 aromatic rings. The average Bonchev–Trinajstić information content (AvgIpc) is 2.90. The van der Waals surface area contributed by atoms with Gasteiger partial charge in [0.25, 0.3) is 0 Å². The lowest BCUT2D eigenvalue weighted by Gasteiger charge is -2.00. The Morgan fingerprint density at radius 2 is 1.58 bits per heavy atom. The summed E-state index contributed by atoms with van der Waals surface area (Å²) in [7, 11) is 0. The Morgan fingerprint density at radius 1 is 0.789 bits per heavy atom. The largest absolute Gasteiger partial charge is 0.354 e. The van der Waals surface area contributed by atoms with Gasteiger partial charge in [-0.25, -0.2) is 0 Å². The quantitative estimate of drug-likeness (QED) is 0.528. The molecule has 2 heterocycles. The lowest BCUT2D eigenvalue weighted by Crippen LogP contribution is -1.82. The fourth-order valence-corrected chi connectivity index (χ4v) is 2.45. The van der Waals surface area contributed by atoms with Crippen LogP contribution >= 0.6 is 0 Å². The number of hydrogen-bond donors (Lipinski definition) is 1. The minimum Gasteiger partial charge on any atom is -0.354 e. The molecule has 0 bridgehead atoms. The van der Waals surface area contributed by atoms with E-state index in [1.54, 1.807) is 0 Å². The van der Waals surface area contributed by atoms with Crippen molar-refractivity contribution in [3.8, 4) is 11.3 Å². The molecule has 2 aromatic heterocycles. The minimum atomic E-state index is 1.03. The molecule has 2 nitrogen and oxygen atoms in total. The van der Waals surface area contributed by atoms with Gasteiger partial charge in [0.15, 0.2) is 0 Å². The number of pyridine rings is 1. The van der Waals surface area contributed by atoms with E-state index in [9.17, 15) is 0 Å². The van der Waals surface area contributed by atoms with Crippen LogP contribution in [0.3, 0.4) is 0 Å². The summed E-state index contributed by atoms with van der Waals surface area (Å²) in [5.74, 6) is 0. The summed E-state index contributed by atoms with van der Waals surface area (Å²) in [6.07, 6.45) is 1.92. The second-order valence-electron chi connectivity index (χ2n) is 4.69. The summed E-state index contributed by atoms with van der Waals surface area (Å²) < 4.78 is 0. The predicted octanol–water partition coefficient (Wildman–Crippen LogP) is 4.38. The number of benzene rings is 2. The molecule has 1 N–H and O–H groups in total. The van der Waals surface area contributed by atoms with Crippen LogP contribution in [0.15, 0.2) is 66.9 Å². The van der Waals surface area contributed by atoms with E-state index in [0.29, 0.717) is 0 Å². The van der Waals surface area contributed by atoms with Gasteiger partial charge in [-0.1, -0.05) is 36.4 Å². The molecule has 90 valence electrons. The molecule has 0 atom stereocenters. The van der Waals surface area contributed by atoms with Gasteiger partial charge in [0, 0.05) is 33.7 Å². The maximum atomic E-state index is 4.51. The first kappa shape index (κ1) is 10.3. The molecule has 0 amide bonds. The fraction of sp³-hybridized carbons (Fsp3) is 0. The van der Waals surface area contributed by atoms with Crippen molar-refractivity contribution in [3.05, 3.63) is 66.9 Å². The van der Waals surface area contributed by atoms with Crippen molar-refractivity contribution in [2.75, 3.05) is 0 Å². The standard InChI is InChI=1S/C17H12N2/c1-3-7-15-12(5-1)9-14(11-18-15)17-10-13-6-2-4-8-16(13)19-17/h1-11,19H. The van der Waals surface area contributed by atoms with Gasteiger partial charge in [-0.2, -0.15) is 0 Å². The van der Waals surface area contributed by atoms with Crippen LogP contribution in [-0.4, -0.2) is 9.97 Å². The lowest BCUT2D eigenvalue weighted by molar-refractivity contribution is 1.38. The second kappa shape index (κ2) is 3.95. The molecule has 0 aliphatic rings. The van der Waals surface area contributed by atoms with E-state index in [1.807, 2.05) is 30.5 Å². The zero-order valence-corrected chi connectivity index (χ0v) is 10.3. The zero-order chi connectivity index (χ0) is 12.7. The Balaban J connectivity index is 1.93. The molecule has 2 aromatic carbocycles. The average molecular weight is 244 g/mol. The number of nitrogens with one attached hydrogen (secondary N) is 1. The van der Waals surface area contributed by atoms with Gasteiger partial charge in [0.2, 0.25) is 0 Å². The van der Waals surface area contributed by atoms with Gasteiger partial charge in [0.1, 0.15) is 0 Å². The van der Waals surface area contributed by atoms with E-state index >= 15 is 0 Å². The molecule has 0 aliphatic carbocycles.